The Hall–Kier alpha value is -1.43. The van der Waals surface area contributed by atoms with Gasteiger partial charge in [-0.05, 0) is 12.8 Å². The van der Waals surface area contributed by atoms with Crippen LogP contribution >= 0.6 is 0 Å². The number of carbonyl (C=O) groups excluding carboxylic acids is 1. The lowest BCUT2D eigenvalue weighted by Gasteiger charge is -2.29. The van der Waals surface area contributed by atoms with E-state index in [0.29, 0.717) is 38.9 Å². The SMILES string of the molecule is O=C(CCn1ccnn1)N1CCC(O)CC1. The molecule has 0 unspecified atom stereocenters. The number of hydrogen-bond donors (Lipinski definition) is 1. The molecule has 1 N–H and O–H groups in total. The second-order valence-corrected chi connectivity index (χ2v) is 4.03. The molecule has 0 atom stereocenters. The molecule has 1 aromatic rings. The van der Waals surface area contributed by atoms with Gasteiger partial charge >= 0.3 is 0 Å². The predicted molar refractivity (Wildman–Crippen MR) is 56.5 cm³/mol. The van der Waals surface area contributed by atoms with Crippen LogP contribution in [0.5, 0.6) is 0 Å². The highest BCUT2D eigenvalue weighted by atomic mass is 16.3. The van der Waals surface area contributed by atoms with Crippen LogP contribution in [-0.4, -0.2) is 50.1 Å². The number of rotatable bonds is 3. The molecule has 2 rings (SSSR count). The maximum atomic E-state index is 11.8. The van der Waals surface area contributed by atoms with Crippen LogP contribution in [0.1, 0.15) is 19.3 Å². The van der Waals surface area contributed by atoms with Crippen LogP contribution in [-0.2, 0) is 11.3 Å². The molecule has 6 heteroatoms. The van der Waals surface area contributed by atoms with E-state index in [4.69, 9.17) is 0 Å². The van der Waals surface area contributed by atoms with E-state index in [2.05, 4.69) is 10.3 Å². The number of nitrogens with zero attached hydrogens (tertiary/aromatic N) is 4. The number of hydrogen-bond acceptors (Lipinski definition) is 4. The standard InChI is InChI=1S/C10H16N4O2/c15-9-1-5-13(6-2-9)10(16)3-7-14-8-4-11-12-14/h4,8-9,15H,1-3,5-7H2. The number of piperidine rings is 1. The van der Waals surface area contributed by atoms with Crippen molar-refractivity contribution in [3.8, 4) is 0 Å². The molecule has 0 spiro atoms. The van der Waals surface area contributed by atoms with Crippen LogP contribution in [0.25, 0.3) is 0 Å². The van der Waals surface area contributed by atoms with Gasteiger partial charge in [0.05, 0.1) is 18.8 Å². The van der Waals surface area contributed by atoms with Crippen molar-refractivity contribution in [1.29, 1.82) is 0 Å². The monoisotopic (exact) mass is 224 g/mol. The Morgan fingerprint density at radius 1 is 1.44 bits per heavy atom. The lowest BCUT2D eigenvalue weighted by atomic mass is 10.1. The van der Waals surface area contributed by atoms with Crippen molar-refractivity contribution in [2.24, 2.45) is 0 Å². The number of aryl methyl sites for hydroxylation is 1. The molecular weight excluding hydrogens is 208 g/mol. The first-order valence-corrected chi connectivity index (χ1v) is 5.55. The van der Waals surface area contributed by atoms with Crippen molar-refractivity contribution in [1.82, 2.24) is 19.9 Å². The summed E-state index contributed by atoms with van der Waals surface area (Å²) in [6, 6.07) is 0. The van der Waals surface area contributed by atoms with Crippen LogP contribution in [0.4, 0.5) is 0 Å². The minimum absolute atomic E-state index is 0.127. The topological polar surface area (TPSA) is 71.2 Å². The molecule has 0 saturated carbocycles. The molecule has 2 heterocycles. The zero-order valence-electron chi connectivity index (χ0n) is 9.12. The van der Waals surface area contributed by atoms with E-state index in [1.807, 2.05) is 4.90 Å². The summed E-state index contributed by atoms with van der Waals surface area (Å²) in [5, 5.41) is 16.8. The van der Waals surface area contributed by atoms with Gasteiger partial charge in [0.2, 0.25) is 5.91 Å². The van der Waals surface area contributed by atoms with Gasteiger partial charge in [-0.25, -0.2) is 0 Å². The Kier molecular flexibility index (Phi) is 3.51. The second kappa shape index (κ2) is 5.07. The minimum atomic E-state index is -0.237. The first-order chi connectivity index (χ1) is 7.75. The third-order valence-corrected chi connectivity index (χ3v) is 2.84. The predicted octanol–water partition coefficient (Wildman–Crippen LogP) is -0.349. The molecule has 88 valence electrons. The molecule has 16 heavy (non-hydrogen) atoms. The van der Waals surface area contributed by atoms with Crippen LogP contribution in [0, 0.1) is 0 Å². The lowest BCUT2D eigenvalue weighted by molar-refractivity contribution is -0.133. The molecule has 6 nitrogen and oxygen atoms in total. The third-order valence-electron chi connectivity index (χ3n) is 2.84. The molecule has 1 saturated heterocycles. The summed E-state index contributed by atoms with van der Waals surface area (Å²) >= 11 is 0. The van der Waals surface area contributed by atoms with E-state index in [1.54, 1.807) is 17.1 Å². The highest BCUT2D eigenvalue weighted by Crippen LogP contribution is 2.11. The molecule has 1 aliphatic heterocycles. The van der Waals surface area contributed by atoms with Crippen molar-refractivity contribution < 1.29 is 9.90 Å². The van der Waals surface area contributed by atoms with Gasteiger partial charge in [-0.15, -0.1) is 5.10 Å². The fourth-order valence-electron chi connectivity index (χ4n) is 1.84. The molecule has 0 aromatic carbocycles. The van der Waals surface area contributed by atoms with Crippen LogP contribution in [0.3, 0.4) is 0 Å². The second-order valence-electron chi connectivity index (χ2n) is 4.03. The van der Waals surface area contributed by atoms with E-state index in [9.17, 15) is 9.90 Å². The molecule has 1 fully saturated rings. The highest BCUT2D eigenvalue weighted by molar-refractivity contribution is 5.76. The Balaban J connectivity index is 1.75. The molecule has 0 radical (unpaired) electrons. The summed E-state index contributed by atoms with van der Waals surface area (Å²) in [7, 11) is 0. The summed E-state index contributed by atoms with van der Waals surface area (Å²) in [6.45, 7) is 1.90. The van der Waals surface area contributed by atoms with Crippen molar-refractivity contribution in [3.05, 3.63) is 12.4 Å². The molecule has 1 aliphatic rings. The lowest BCUT2D eigenvalue weighted by Crippen LogP contribution is -2.40. The first-order valence-electron chi connectivity index (χ1n) is 5.55. The Bertz CT molecular complexity index is 331. The van der Waals surface area contributed by atoms with E-state index >= 15 is 0 Å². The summed E-state index contributed by atoms with van der Waals surface area (Å²) in [6.07, 6.45) is 4.93. The van der Waals surface area contributed by atoms with Gasteiger partial charge in [-0.1, -0.05) is 5.21 Å². The third kappa shape index (κ3) is 2.79. The number of aliphatic hydroxyl groups excluding tert-OH is 1. The average molecular weight is 224 g/mol. The van der Waals surface area contributed by atoms with Crippen molar-refractivity contribution in [2.75, 3.05) is 13.1 Å². The largest absolute Gasteiger partial charge is 0.393 e. The fourth-order valence-corrected chi connectivity index (χ4v) is 1.84. The molecule has 1 aromatic heterocycles. The zero-order valence-corrected chi connectivity index (χ0v) is 9.12. The molecule has 1 amide bonds. The van der Waals surface area contributed by atoms with Gasteiger partial charge in [-0.3, -0.25) is 9.48 Å². The zero-order chi connectivity index (χ0) is 11.4. The number of amides is 1. The van der Waals surface area contributed by atoms with E-state index in [-0.39, 0.29) is 12.0 Å². The number of aromatic nitrogens is 3. The highest BCUT2D eigenvalue weighted by Gasteiger charge is 2.20. The van der Waals surface area contributed by atoms with Crippen LogP contribution in [0.2, 0.25) is 0 Å². The maximum Gasteiger partial charge on any atom is 0.224 e. The normalized spacial score (nSPS) is 17.7. The summed E-state index contributed by atoms with van der Waals surface area (Å²) in [5.74, 6) is 0.127. The van der Waals surface area contributed by atoms with Gasteiger partial charge in [0.1, 0.15) is 0 Å². The van der Waals surface area contributed by atoms with Crippen LogP contribution in [0.15, 0.2) is 12.4 Å². The van der Waals surface area contributed by atoms with Gasteiger partial charge in [-0.2, -0.15) is 0 Å². The Morgan fingerprint density at radius 2 is 2.19 bits per heavy atom. The number of likely N-dealkylation sites (tertiary alicyclic amines) is 1. The number of aliphatic hydroxyl groups is 1. The van der Waals surface area contributed by atoms with Gasteiger partial charge < -0.3 is 10.0 Å². The fraction of sp³-hybridized carbons (Fsp3) is 0.700. The maximum absolute atomic E-state index is 11.8. The summed E-state index contributed by atoms with van der Waals surface area (Å²) < 4.78 is 1.65. The summed E-state index contributed by atoms with van der Waals surface area (Å²) in [5.41, 5.74) is 0. The van der Waals surface area contributed by atoms with Crippen molar-refractivity contribution >= 4 is 5.91 Å². The Labute approximate surface area is 93.9 Å². The van der Waals surface area contributed by atoms with E-state index < -0.39 is 0 Å². The number of carbonyl (C=O) groups is 1. The molecule has 0 aliphatic carbocycles. The quantitative estimate of drug-likeness (QED) is 0.762. The smallest absolute Gasteiger partial charge is 0.224 e. The first kappa shape index (κ1) is 11.1. The minimum Gasteiger partial charge on any atom is -0.393 e. The summed E-state index contributed by atoms with van der Waals surface area (Å²) in [4.78, 5) is 13.6. The van der Waals surface area contributed by atoms with Crippen molar-refractivity contribution in [3.63, 3.8) is 0 Å². The van der Waals surface area contributed by atoms with E-state index in [0.717, 1.165) is 0 Å². The van der Waals surface area contributed by atoms with Crippen molar-refractivity contribution in [2.45, 2.75) is 31.9 Å². The van der Waals surface area contributed by atoms with E-state index in [1.165, 1.54) is 0 Å². The van der Waals surface area contributed by atoms with Crippen LogP contribution < -0.4 is 0 Å². The average Bonchev–Trinajstić information content (AvgIpc) is 2.80. The van der Waals surface area contributed by atoms with Gasteiger partial charge in [0.25, 0.3) is 0 Å². The Morgan fingerprint density at radius 3 is 2.81 bits per heavy atom. The molecule has 0 bridgehead atoms. The van der Waals surface area contributed by atoms with Gasteiger partial charge in [0.15, 0.2) is 0 Å². The van der Waals surface area contributed by atoms with Gasteiger partial charge in [0, 0.05) is 25.7 Å². The molecular formula is C10H16N4O2.